The number of nitrogens with one attached hydrogen (secondary N) is 1. The fraction of sp³-hybridized carbons (Fsp3) is 0.500. The van der Waals surface area contributed by atoms with Crippen molar-refractivity contribution in [2.45, 2.75) is 39.2 Å². The van der Waals surface area contributed by atoms with Crippen LogP contribution in [0.1, 0.15) is 38.2 Å². The van der Waals surface area contributed by atoms with Crippen molar-refractivity contribution < 1.29 is 9.69 Å². The predicted molar refractivity (Wildman–Crippen MR) is 104 cm³/mol. The van der Waals surface area contributed by atoms with Crippen molar-refractivity contribution >= 4 is 16.7 Å². The number of fused-ring (bicyclic) bond motifs is 1. The number of unbranched alkanes of at least 4 members (excludes halogenated alkanes) is 1. The second-order valence-electron chi connectivity index (χ2n) is 7.45. The quantitative estimate of drug-likeness (QED) is 0.860. The number of rotatable bonds is 6. The summed E-state index contributed by atoms with van der Waals surface area (Å²) in [4.78, 5) is 16.1. The highest BCUT2D eigenvalue weighted by Gasteiger charge is 2.29. The summed E-state index contributed by atoms with van der Waals surface area (Å²) in [5.74, 6) is 0.593. The number of hydrogen-bond donors (Lipinski definition) is 1. The van der Waals surface area contributed by atoms with Gasteiger partial charge in [-0.15, -0.1) is 0 Å². The molecule has 0 spiro atoms. The standard InChI is InChI=1S/C22H30N2O/c1-3-4-14-23(2)22(25)19-12-15-24(16-13-19)17-20-10-7-9-18-8-5-6-11-21(18)20/h5-11,19H,3-4,12-17H2,1-2H3/p+1. The van der Waals surface area contributed by atoms with Crippen molar-refractivity contribution in [1.29, 1.82) is 0 Å². The minimum absolute atomic E-state index is 0.234. The number of amides is 1. The fourth-order valence-electron chi connectivity index (χ4n) is 3.98. The van der Waals surface area contributed by atoms with Crippen LogP contribution in [0.25, 0.3) is 10.8 Å². The molecule has 0 radical (unpaired) electrons. The van der Waals surface area contributed by atoms with Gasteiger partial charge >= 0.3 is 0 Å². The first-order valence-corrected chi connectivity index (χ1v) is 9.74. The third kappa shape index (κ3) is 4.40. The molecule has 0 unspecified atom stereocenters. The number of benzene rings is 2. The van der Waals surface area contributed by atoms with Crippen molar-refractivity contribution in [2.24, 2.45) is 5.92 Å². The molecular weight excluding hydrogens is 308 g/mol. The van der Waals surface area contributed by atoms with E-state index in [4.69, 9.17) is 0 Å². The lowest BCUT2D eigenvalue weighted by Gasteiger charge is -2.31. The molecule has 1 fully saturated rings. The summed E-state index contributed by atoms with van der Waals surface area (Å²) < 4.78 is 0. The van der Waals surface area contributed by atoms with Crippen molar-refractivity contribution in [2.75, 3.05) is 26.7 Å². The van der Waals surface area contributed by atoms with E-state index in [0.29, 0.717) is 5.91 Å². The Bertz CT molecular complexity index is 699. The third-order valence-electron chi connectivity index (χ3n) is 5.59. The van der Waals surface area contributed by atoms with Gasteiger partial charge in [0.1, 0.15) is 6.54 Å². The van der Waals surface area contributed by atoms with Crippen LogP contribution in [-0.4, -0.2) is 37.5 Å². The number of nitrogens with zero attached hydrogens (tertiary/aromatic N) is 1. The molecule has 1 N–H and O–H groups in total. The Hall–Kier alpha value is -1.87. The van der Waals surface area contributed by atoms with Crippen LogP contribution < -0.4 is 4.90 Å². The topological polar surface area (TPSA) is 24.8 Å². The number of carbonyl (C=O) groups is 1. The molecule has 3 nitrogen and oxygen atoms in total. The highest BCUT2D eigenvalue weighted by molar-refractivity contribution is 5.85. The molecule has 25 heavy (non-hydrogen) atoms. The van der Waals surface area contributed by atoms with E-state index < -0.39 is 0 Å². The summed E-state index contributed by atoms with van der Waals surface area (Å²) in [6.45, 7) is 6.34. The molecule has 0 atom stereocenters. The Kier molecular flexibility index (Phi) is 6.09. The second-order valence-corrected chi connectivity index (χ2v) is 7.45. The predicted octanol–water partition coefficient (Wildman–Crippen LogP) is 2.89. The molecule has 1 heterocycles. The van der Waals surface area contributed by atoms with E-state index in [-0.39, 0.29) is 5.92 Å². The minimum Gasteiger partial charge on any atom is -0.346 e. The molecule has 1 amide bonds. The lowest BCUT2D eigenvalue weighted by molar-refractivity contribution is -0.919. The average molecular weight is 340 g/mol. The number of piperidine rings is 1. The van der Waals surface area contributed by atoms with Crippen molar-refractivity contribution in [3.8, 4) is 0 Å². The van der Waals surface area contributed by atoms with Crippen LogP contribution in [0.2, 0.25) is 0 Å². The van der Waals surface area contributed by atoms with Crippen LogP contribution in [0, 0.1) is 5.92 Å². The largest absolute Gasteiger partial charge is 0.346 e. The molecule has 0 aliphatic carbocycles. The van der Waals surface area contributed by atoms with E-state index >= 15 is 0 Å². The maximum Gasteiger partial charge on any atom is 0.225 e. The Morgan fingerprint density at radius 1 is 1.12 bits per heavy atom. The fourth-order valence-corrected chi connectivity index (χ4v) is 3.98. The van der Waals surface area contributed by atoms with Crippen LogP contribution in [0.5, 0.6) is 0 Å². The molecule has 2 aromatic rings. The van der Waals surface area contributed by atoms with Crippen molar-refractivity contribution in [1.82, 2.24) is 4.90 Å². The number of likely N-dealkylation sites (tertiary alicyclic amines) is 1. The van der Waals surface area contributed by atoms with Crippen molar-refractivity contribution in [3.63, 3.8) is 0 Å². The van der Waals surface area contributed by atoms with Gasteiger partial charge in [0.05, 0.1) is 13.1 Å². The number of carbonyl (C=O) groups excluding carboxylic acids is 1. The van der Waals surface area contributed by atoms with E-state index in [1.807, 2.05) is 11.9 Å². The molecule has 0 saturated carbocycles. The van der Waals surface area contributed by atoms with Crippen LogP contribution in [0.3, 0.4) is 0 Å². The van der Waals surface area contributed by atoms with Crippen LogP contribution in [-0.2, 0) is 11.3 Å². The second kappa shape index (κ2) is 8.48. The molecular formula is C22H31N2O+. The monoisotopic (exact) mass is 339 g/mol. The molecule has 1 aliphatic heterocycles. The van der Waals surface area contributed by atoms with Crippen molar-refractivity contribution in [3.05, 3.63) is 48.0 Å². The van der Waals surface area contributed by atoms with Gasteiger partial charge in [-0.05, 0) is 17.2 Å². The van der Waals surface area contributed by atoms with Gasteiger partial charge in [0.2, 0.25) is 5.91 Å². The van der Waals surface area contributed by atoms with Gasteiger partial charge in [-0.3, -0.25) is 4.79 Å². The summed E-state index contributed by atoms with van der Waals surface area (Å²) in [6.07, 6.45) is 4.30. The van der Waals surface area contributed by atoms with Crippen LogP contribution >= 0.6 is 0 Å². The SMILES string of the molecule is CCCCN(C)C(=O)C1CC[NH+](Cc2cccc3ccccc23)CC1. The average Bonchev–Trinajstić information content (AvgIpc) is 2.66. The Morgan fingerprint density at radius 3 is 2.60 bits per heavy atom. The highest BCUT2D eigenvalue weighted by Crippen LogP contribution is 2.18. The normalized spacial score (nSPS) is 20.6. The van der Waals surface area contributed by atoms with Gasteiger partial charge in [0, 0.05) is 37.9 Å². The first-order chi connectivity index (χ1) is 12.2. The molecule has 1 aliphatic rings. The van der Waals surface area contributed by atoms with E-state index in [9.17, 15) is 4.79 Å². The molecule has 3 heteroatoms. The number of quaternary nitrogens is 1. The minimum atomic E-state index is 0.234. The molecule has 3 rings (SSSR count). The summed E-state index contributed by atoms with van der Waals surface area (Å²) in [5, 5.41) is 2.69. The first kappa shape index (κ1) is 17.9. The Balaban J connectivity index is 1.56. The van der Waals surface area contributed by atoms with E-state index in [1.165, 1.54) is 16.3 Å². The molecule has 134 valence electrons. The maximum atomic E-state index is 12.6. The lowest BCUT2D eigenvalue weighted by atomic mass is 9.94. The summed E-state index contributed by atoms with van der Waals surface area (Å²) in [7, 11) is 1.97. The maximum absolute atomic E-state index is 12.6. The molecule has 1 saturated heterocycles. The smallest absolute Gasteiger partial charge is 0.225 e. The van der Waals surface area contributed by atoms with Gasteiger partial charge in [-0.2, -0.15) is 0 Å². The van der Waals surface area contributed by atoms with E-state index in [0.717, 1.165) is 51.9 Å². The molecule has 0 bridgehead atoms. The highest BCUT2D eigenvalue weighted by atomic mass is 16.2. The van der Waals surface area contributed by atoms with Gasteiger partial charge in [-0.1, -0.05) is 55.8 Å². The van der Waals surface area contributed by atoms with Gasteiger partial charge in [0.25, 0.3) is 0 Å². The zero-order valence-corrected chi connectivity index (χ0v) is 15.6. The number of hydrogen-bond acceptors (Lipinski definition) is 1. The van der Waals surface area contributed by atoms with Crippen LogP contribution in [0.15, 0.2) is 42.5 Å². The van der Waals surface area contributed by atoms with Gasteiger partial charge in [0.15, 0.2) is 0 Å². The Morgan fingerprint density at radius 2 is 1.84 bits per heavy atom. The van der Waals surface area contributed by atoms with Crippen LogP contribution in [0.4, 0.5) is 0 Å². The first-order valence-electron chi connectivity index (χ1n) is 9.74. The summed E-state index contributed by atoms with van der Waals surface area (Å²) in [5.41, 5.74) is 1.43. The van der Waals surface area contributed by atoms with E-state index in [2.05, 4.69) is 49.4 Å². The van der Waals surface area contributed by atoms with Gasteiger partial charge in [-0.25, -0.2) is 0 Å². The Labute approximate surface area is 151 Å². The molecule has 2 aromatic carbocycles. The summed E-state index contributed by atoms with van der Waals surface area (Å²) in [6, 6.07) is 15.2. The zero-order valence-electron chi connectivity index (χ0n) is 15.6. The van der Waals surface area contributed by atoms with E-state index in [1.54, 1.807) is 4.90 Å². The molecule has 0 aromatic heterocycles. The zero-order chi connectivity index (χ0) is 17.6. The summed E-state index contributed by atoms with van der Waals surface area (Å²) >= 11 is 0. The lowest BCUT2D eigenvalue weighted by Crippen LogP contribution is -3.11. The third-order valence-corrected chi connectivity index (χ3v) is 5.59. The van der Waals surface area contributed by atoms with Gasteiger partial charge < -0.3 is 9.80 Å².